The SMILES string of the molecule is Cc1ccc(-n2c(SC(C)C(=O)c3ccc(Br)cc3)nc3ccccc3c2=O)cc1. The lowest BCUT2D eigenvalue weighted by molar-refractivity contribution is 0.0994. The molecule has 0 aliphatic carbocycles. The van der Waals surface area contributed by atoms with Gasteiger partial charge in [-0.1, -0.05) is 69.7 Å². The van der Waals surface area contributed by atoms with Crippen LogP contribution in [0.3, 0.4) is 0 Å². The van der Waals surface area contributed by atoms with Crippen molar-refractivity contribution in [1.82, 2.24) is 9.55 Å². The zero-order valence-electron chi connectivity index (χ0n) is 16.5. The van der Waals surface area contributed by atoms with Crippen LogP contribution in [0.25, 0.3) is 16.6 Å². The molecule has 6 heteroatoms. The average molecular weight is 479 g/mol. The molecule has 4 aromatic rings. The van der Waals surface area contributed by atoms with Gasteiger partial charge in [0.05, 0.1) is 21.8 Å². The molecule has 0 N–H and O–H groups in total. The highest BCUT2D eigenvalue weighted by molar-refractivity contribution is 9.10. The number of thioether (sulfide) groups is 1. The van der Waals surface area contributed by atoms with E-state index in [2.05, 4.69) is 15.9 Å². The molecule has 0 saturated carbocycles. The average Bonchev–Trinajstić information content (AvgIpc) is 2.75. The van der Waals surface area contributed by atoms with E-state index in [1.54, 1.807) is 22.8 Å². The number of para-hydroxylation sites is 1. The van der Waals surface area contributed by atoms with Gasteiger partial charge in [0.1, 0.15) is 0 Å². The number of nitrogens with zero attached hydrogens (tertiary/aromatic N) is 2. The third-order valence-corrected chi connectivity index (χ3v) is 6.40. The highest BCUT2D eigenvalue weighted by Gasteiger charge is 2.21. The van der Waals surface area contributed by atoms with Gasteiger partial charge in [0.15, 0.2) is 10.9 Å². The molecule has 0 aliphatic rings. The van der Waals surface area contributed by atoms with Gasteiger partial charge in [-0.15, -0.1) is 0 Å². The van der Waals surface area contributed by atoms with Gasteiger partial charge >= 0.3 is 0 Å². The minimum atomic E-state index is -0.407. The number of benzene rings is 3. The van der Waals surface area contributed by atoms with Crippen LogP contribution in [0.5, 0.6) is 0 Å². The molecule has 1 aromatic heterocycles. The third-order valence-electron chi connectivity index (χ3n) is 4.82. The smallest absolute Gasteiger partial charge is 0.266 e. The van der Waals surface area contributed by atoms with Crippen LogP contribution in [0.1, 0.15) is 22.8 Å². The van der Waals surface area contributed by atoms with E-state index >= 15 is 0 Å². The summed E-state index contributed by atoms with van der Waals surface area (Å²) in [5, 5.41) is 0.644. The maximum atomic E-state index is 13.3. The van der Waals surface area contributed by atoms with E-state index in [4.69, 9.17) is 4.98 Å². The van der Waals surface area contributed by atoms with Crippen molar-refractivity contribution in [3.05, 3.63) is 98.7 Å². The van der Waals surface area contributed by atoms with E-state index in [1.165, 1.54) is 11.8 Å². The van der Waals surface area contributed by atoms with Crippen LogP contribution in [-0.2, 0) is 0 Å². The number of aryl methyl sites for hydroxylation is 1. The largest absolute Gasteiger partial charge is 0.293 e. The van der Waals surface area contributed by atoms with E-state index in [0.717, 1.165) is 15.7 Å². The monoisotopic (exact) mass is 478 g/mol. The van der Waals surface area contributed by atoms with Gasteiger partial charge in [0.2, 0.25) is 0 Å². The summed E-state index contributed by atoms with van der Waals surface area (Å²) in [7, 11) is 0. The quantitative estimate of drug-likeness (QED) is 0.206. The molecule has 30 heavy (non-hydrogen) atoms. The molecule has 0 amide bonds. The van der Waals surface area contributed by atoms with E-state index in [1.807, 2.05) is 68.4 Å². The highest BCUT2D eigenvalue weighted by Crippen LogP contribution is 2.27. The highest BCUT2D eigenvalue weighted by atomic mass is 79.9. The molecule has 1 atom stereocenters. The van der Waals surface area contributed by atoms with Crippen LogP contribution in [0.15, 0.2) is 87.2 Å². The number of rotatable bonds is 5. The maximum Gasteiger partial charge on any atom is 0.266 e. The molecule has 0 saturated heterocycles. The van der Waals surface area contributed by atoms with Gasteiger partial charge in [-0.05, 0) is 50.2 Å². The Labute approximate surface area is 187 Å². The van der Waals surface area contributed by atoms with Crippen molar-refractivity contribution in [3.63, 3.8) is 0 Å². The summed E-state index contributed by atoms with van der Waals surface area (Å²) in [6, 6.07) is 22.3. The number of hydrogen-bond donors (Lipinski definition) is 0. The van der Waals surface area contributed by atoms with Crippen molar-refractivity contribution in [2.45, 2.75) is 24.3 Å². The molecule has 1 heterocycles. The first-order valence-electron chi connectivity index (χ1n) is 9.49. The van der Waals surface area contributed by atoms with Crippen LogP contribution in [0, 0.1) is 6.92 Å². The Morgan fingerprint density at radius 2 is 1.67 bits per heavy atom. The Bertz CT molecular complexity index is 1280. The van der Waals surface area contributed by atoms with Crippen LogP contribution in [0.4, 0.5) is 0 Å². The lowest BCUT2D eigenvalue weighted by atomic mass is 10.1. The van der Waals surface area contributed by atoms with Gasteiger partial charge in [-0.3, -0.25) is 14.2 Å². The Morgan fingerprint density at radius 1 is 1.00 bits per heavy atom. The zero-order valence-corrected chi connectivity index (χ0v) is 18.9. The van der Waals surface area contributed by atoms with Gasteiger partial charge in [0, 0.05) is 10.0 Å². The first kappa shape index (κ1) is 20.6. The van der Waals surface area contributed by atoms with Gasteiger partial charge in [-0.2, -0.15) is 0 Å². The molecular formula is C24H19BrN2O2S. The Hall–Kier alpha value is -2.70. The molecule has 0 radical (unpaired) electrons. The third kappa shape index (κ3) is 4.11. The summed E-state index contributed by atoms with van der Waals surface area (Å²) < 4.78 is 2.52. The van der Waals surface area contributed by atoms with Crippen molar-refractivity contribution in [2.75, 3.05) is 0 Å². The summed E-state index contributed by atoms with van der Waals surface area (Å²) in [6.07, 6.45) is 0. The van der Waals surface area contributed by atoms with Crippen LogP contribution < -0.4 is 5.56 Å². The predicted molar refractivity (Wildman–Crippen MR) is 126 cm³/mol. The fraction of sp³-hybridized carbons (Fsp3) is 0.125. The Kier molecular flexibility index (Phi) is 5.88. The van der Waals surface area contributed by atoms with E-state index in [0.29, 0.717) is 21.6 Å². The molecule has 0 fully saturated rings. The lowest BCUT2D eigenvalue weighted by Crippen LogP contribution is -2.23. The van der Waals surface area contributed by atoms with E-state index < -0.39 is 5.25 Å². The number of aromatic nitrogens is 2. The minimum absolute atomic E-state index is 0.00892. The normalized spacial score (nSPS) is 12.1. The molecule has 0 aliphatic heterocycles. The molecular weight excluding hydrogens is 460 g/mol. The van der Waals surface area contributed by atoms with Gasteiger partial charge < -0.3 is 0 Å². The minimum Gasteiger partial charge on any atom is -0.293 e. The summed E-state index contributed by atoms with van der Waals surface area (Å²) in [6.45, 7) is 3.84. The number of Topliss-reactive ketones (excluding diaryl/α,β-unsaturated/α-hetero) is 1. The topological polar surface area (TPSA) is 52.0 Å². The molecule has 3 aromatic carbocycles. The molecule has 4 nitrogen and oxygen atoms in total. The first-order valence-corrected chi connectivity index (χ1v) is 11.2. The number of carbonyl (C=O) groups is 1. The molecule has 4 rings (SSSR count). The summed E-state index contributed by atoms with van der Waals surface area (Å²) in [5.41, 5.74) is 2.94. The second-order valence-electron chi connectivity index (χ2n) is 7.02. The van der Waals surface area contributed by atoms with Crippen molar-refractivity contribution in [1.29, 1.82) is 0 Å². The molecule has 1 unspecified atom stereocenters. The second kappa shape index (κ2) is 8.58. The maximum absolute atomic E-state index is 13.3. The number of ketones is 1. The van der Waals surface area contributed by atoms with Crippen molar-refractivity contribution in [3.8, 4) is 5.69 Å². The fourth-order valence-electron chi connectivity index (χ4n) is 3.17. The fourth-order valence-corrected chi connectivity index (χ4v) is 4.44. The zero-order chi connectivity index (χ0) is 21.3. The van der Waals surface area contributed by atoms with Gasteiger partial charge in [-0.25, -0.2) is 4.98 Å². The number of hydrogen-bond acceptors (Lipinski definition) is 4. The second-order valence-corrected chi connectivity index (χ2v) is 9.24. The predicted octanol–water partition coefficient (Wildman–Crippen LogP) is 5.82. The van der Waals surface area contributed by atoms with Crippen molar-refractivity contribution < 1.29 is 4.79 Å². The Morgan fingerprint density at radius 3 is 2.37 bits per heavy atom. The number of halogens is 1. The summed E-state index contributed by atoms with van der Waals surface area (Å²) in [4.78, 5) is 31.0. The number of fused-ring (bicyclic) bond motifs is 1. The van der Waals surface area contributed by atoms with E-state index in [9.17, 15) is 9.59 Å². The lowest BCUT2D eigenvalue weighted by Gasteiger charge is -2.16. The summed E-state index contributed by atoms with van der Waals surface area (Å²) in [5.74, 6) is -0.00892. The molecule has 0 bridgehead atoms. The van der Waals surface area contributed by atoms with Crippen molar-refractivity contribution >= 4 is 44.4 Å². The molecule has 0 spiro atoms. The standard InChI is InChI=1S/C24H19BrN2O2S/c1-15-7-13-19(14-8-15)27-23(29)20-5-3-4-6-21(20)26-24(27)30-16(2)22(28)17-9-11-18(25)12-10-17/h3-14,16H,1-2H3. The van der Waals surface area contributed by atoms with Crippen LogP contribution in [0.2, 0.25) is 0 Å². The molecule has 150 valence electrons. The van der Waals surface area contributed by atoms with Crippen LogP contribution in [-0.4, -0.2) is 20.6 Å². The van der Waals surface area contributed by atoms with E-state index in [-0.39, 0.29) is 11.3 Å². The summed E-state index contributed by atoms with van der Waals surface area (Å²) >= 11 is 4.69. The van der Waals surface area contributed by atoms with Gasteiger partial charge in [0.25, 0.3) is 5.56 Å². The van der Waals surface area contributed by atoms with Crippen LogP contribution >= 0.6 is 27.7 Å². The van der Waals surface area contributed by atoms with Crippen molar-refractivity contribution in [2.24, 2.45) is 0 Å². The first-order chi connectivity index (χ1) is 14.4. The number of carbonyl (C=O) groups excluding carboxylic acids is 1. The Balaban J connectivity index is 1.79.